The lowest BCUT2D eigenvalue weighted by molar-refractivity contribution is -0.140. The summed E-state index contributed by atoms with van der Waals surface area (Å²) in [6.45, 7) is -0.0120. The number of H-pyrrole nitrogens is 2. The molecule has 0 atom stereocenters. The molecule has 2 aromatic rings. The first-order valence-corrected chi connectivity index (χ1v) is 7.02. The van der Waals surface area contributed by atoms with Gasteiger partial charge in [0.05, 0.1) is 37.3 Å². The average molecular weight is 333 g/mol. The Labute approximate surface area is 135 Å². The van der Waals surface area contributed by atoms with Crippen LogP contribution in [0.2, 0.25) is 0 Å². The first kappa shape index (κ1) is 15.8. The van der Waals surface area contributed by atoms with Crippen molar-refractivity contribution in [2.45, 2.75) is 0 Å². The van der Waals surface area contributed by atoms with E-state index in [0.29, 0.717) is 16.6 Å². The van der Waals surface area contributed by atoms with Gasteiger partial charge in [0, 0.05) is 5.69 Å². The minimum absolute atomic E-state index is 0.0467. The molecule has 24 heavy (non-hydrogen) atoms. The molecule has 1 aliphatic rings. The highest BCUT2D eigenvalue weighted by atomic mass is 16.5. The molecule has 1 aromatic carbocycles. The number of fused-ring (bicyclic) bond motifs is 1. The number of hydrogen-bond donors (Lipinski definition) is 2. The summed E-state index contributed by atoms with van der Waals surface area (Å²) >= 11 is 0. The molecule has 0 aliphatic carbocycles. The largest absolute Gasteiger partial charge is 0.466 e. The molecule has 1 aliphatic heterocycles. The van der Waals surface area contributed by atoms with Crippen molar-refractivity contribution in [2.75, 3.05) is 32.5 Å². The average Bonchev–Trinajstić information content (AvgIpc) is 3.00. The molecule has 3 rings (SSSR count). The zero-order chi connectivity index (χ0) is 17.3. The number of methoxy groups -OCH3 is 2. The van der Waals surface area contributed by atoms with E-state index in [1.165, 1.54) is 19.1 Å². The molecule has 0 fully saturated rings. The van der Waals surface area contributed by atoms with Crippen LogP contribution in [0.1, 0.15) is 0 Å². The van der Waals surface area contributed by atoms with Gasteiger partial charge in [0.1, 0.15) is 12.4 Å². The summed E-state index contributed by atoms with van der Waals surface area (Å²) in [6, 6.07) is 4.93. The molecule has 0 bridgehead atoms. The number of rotatable bonds is 3. The maximum Gasteiger partial charge on any atom is 0.355 e. The third-order valence-corrected chi connectivity index (χ3v) is 3.70. The number of aromatic nitrogens is 2. The van der Waals surface area contributed by atoms with E-state index in [0.717, 1.165) is 0 Å². The van der Waals surface area contributed by atoms with Gasteiger partial charge in [-0.2, -0.15) is 0 Å². The fourth-order valence-corrected chi connectivity index (χ4v) is 2.54. The lowest BCUT2D eigenvalue weighted by Gasteiger charge is -2.31. The Bertz CT molecular complexity index is 894. The van der Waals surface area contributed by atoms with Crippen LogP contribution in [0.4, 0.5) is 5.69 Å². The first-order chi connectivity index (χ1) is 11.6. The monoisotopic (exact) mass is 333 g/mol. The van der Waals surface area contributed by atoms with Gasteiger partial charge < -0.3 is 19.1 Å². The number of nitrogens with one attached hydrogen (secondary N) is 2. The maximum atomic E-state index is 12.2. The van der Waals surface area contributed by atoms with E-state index in [1.807, 2.05) is 0 Å². The number of ether oxygens (including phenoxy) is 3. The summed E-state index contributed by atoms with van der Waals surface area (Å²) in [6.07, 6.45) is 0. The van der Waals surface area contributed by atoms with E-state index in [1.54, 1.807) is 18.2 Å². The molecule has 0 saturated heterocycles. The Morgan fingerprint density at radius 1 is 1.17 bits per heavy atom. The minimum atomic E-state index is -0.679. The van der Waals surface area contributed by atoms with Crippen LogP contribution in [0.5, 0.6) is 0 Å². The normalized spacial score (nSPS) is 14.8. The van der Waals surface area contributed by atoms with Gasteiger partial charge in [-0.15, -0.1) is 0 Å². The smallest absolute Gasteiger partial charge is 0.355 e. The highest BCUT2D eigenvalue weighted by Crippen LogP contribution is 2.28. The molecular formula is C15H15N3O6. The topological polar surface area (TPSA) is 114 Å². The first-order valence-electron chi connectivity index (χ1n) is 7.02. The third-order valence-electron chi connectivity index (χ3n) is 3.70. The Balaban J connectivity index is 2.13. The van der Waals surface area contributed by atoms with Crippen LogP contribution >= 0.6 is 0 Å². The molecule has 2 N–H and O–H groups in total. The Morgan fingerprint density at radius 3 is 2.62 bits per heavy atom. The van der Waals surface area contributed by atoms with Gasteiger partial charge in [-0.1, -0.05) is 0 Å². The van der Waals surface area contributed by atoms with Crippen molar-refractivity contribution in [3.63, 3.8) is 0 Å². The Morgan fingerprint density at radius 2 is 1.92 bits per heavy atom. The number of benzene rings is 1. The molecule has 0 unspecified atom stereocenters. The Hall–Kier alpha value is -3.07. The number of carbonyl (C=O) groups is 2. The van der Waals surface area contributed by atoms with Crippen molar-refractivity contribution in [3.8, 4) is 0 Å². The van der Waals surface area contributed by atoms with Gasteiger partial charge in [-0.25, -0.2) is 9.59 Å². The summed E-state index contributed by atoms with van der Waals surface area (Å²) < 4.78 is 14.9. The predicted molar refractivity (Wildman–Crippen MR) is 83.3 cm³/mol. The highest BCUT2D eigenvalue weighted by Gasteiger charge is 2.32. The molecule has 126 valence electrons. The molecule has 1 aromatic heterocycles. The van der Waals surface area contributed by atoms with Crippen molar-refractivity contribution < 1.29 is 23.8 Å². The van der Waals surface area contributed by atoms with E-state index in [-0.39, 0.29) is 30.2 Å². The third kappa shape index (κ3) is 2.54. The fraction of sp³-hybridized carbons (Fsp3) is 0.267. The molecule has 0 spiro atoms. The summed E-state index contributed by atoms with van der Waals surface area (Å²) in [7, 11) is 2.45. The lowest BCUT2D eigenvalue weighted by atomic mass is 10.1. The number of esters is 2. The van der Waals surface area contributed by atoms with Crippen molar-refractivity contribution in [3.05, 3.63) is 39.8 Å². The highest BCUT2D eigenvalue weighted by molar-refractivity contribution is 6.03. The zero-order valence-electron chi connectivity index (χ0n) is 13.0. The van der Waals surface area contributed by atoms with E-state index in [9.17, 15) is 14.4 Å². The van der Waals surface area contributed by atoms with Crippen LogP contribution in [0.15, 0.2) is 34.3 Å². The molecule has 2 heterocycles. The van der Waals surface area contributed by atoms with E-state index < -0.39 is 11.9 Å². The number of nitrogens with zero attached hydrogens (tertiary/aromatic N) is 1. The van der Waals surface area contributed by atoms with Gasteiger partial charge in [-0.3, -0.25) is 15.0 Å². The molecule has 0 radical (unpaired) electrons. The minimum Gasteiger partial charge on any atom is -0.466 e. The van der Waals surface area contributed by atoms with Crippen molar-refractivity contribution in [2.24, 2.45) is 0 Å². The SMILES string of the molecule is COC(=O)C1=C(C(=O)OC)N(c2ccc3c(=O)[nH][nH]c3c2)COC1. The maximum absolute atomic E-state index is 12.2. The second-order valence-electron chi connectivity index (χ2n) is 5.02. The molecule has 0 saturated carbocycles. The summed E-state index contributed by atoms with van der Waals surface area (Å²) in [5, 5.41) is 5.70. The number of carbonyl (C=O) groups excluding carboxylic acids is 2. The Kier molecular flexibility index (Phi) is 4.09. The van der Waals surface area contributed by atoms with Gasteiger partial charge in [0.2, 0.25) is 0 Å². The molecular weight excluding hydrogens is 318 g/mol. The number of hydrogen-bond acceptors (Lipinski definition) is 7. The van der Waals surface area contributed by atoms with Gasteiger partial charge in [-0.05, 0) is 18.2 Å². The van der Waals surface area contributed by atoms with Gasteiger partial charge in [0.25, 0.3) is 5.56 Å². The van der Waals surface area contributed by atoms with Crippen LogP contribution in [0.3, 0.4) is 0 Å². The quantitative estimate of drug-likeness (QED) is 0.774. The summed E-state index contributed by atoms with van der Waals surface area (Å²) in [5.74, 6) is -1.35. The van der Waals surface area contributed by atoms with E-state index in [2.05, 4.69) is 10.2 Å². The lowest BCUT2D eigenvalue weighted by Crippen LogP contribution is -2.38. The second kappa shape index (κ2) is 6.20. The van der Waals surface area contributed by atoms with E-state index >= 15 is 0 Å². The second-order valence-corrected chi connectivity index (χ2v) is 5.02. The van der Waals surface area contributed by atoms with Crippen LogP contribution in [-0.4, -0.2) is 49.7 Å². The van der Waals surface area contributed by atoms with Gasteiger partial charge >= 0.3 is 11.9 Å². The van der Waals surface area contributed by atoms with Crippen molar-refractivity contribution in [1.82, 2.24) is 10.2 Å². The molecule has 9 heteroatoms. The predicted octanol–water partition coefficient (Wildman–Crippen LogP) is 0.250. The van der Waals surface area contributed by atoms with Crippen LogP contribution in [0, 0.1) is 0 Å². The summed E-state index contributed by atoms with van der Waals surface area (Å²) in [4.78, 5) is 37.2. The molecule has 0 amide bonds. The number of anilines is 1. The fourth-order valence-electron chi connectivity index (χ4n) is 2.54. The van der Waals surface area contributed by atoms with Crippen molar-refractivity contribution >= 4 is 28.5 Å². The van der Waals surface area contributed by atoms with Crippen LogP contribution in [0.25, 0.3) is 10.9 Å². The van der Waals surface area contributed by atoms with Crippen molar-refractivity contribution in [1.29, 1.82) is 0 Å². The zero-order valence-corrected chi connectivity index (χ0v) is 13.0. The number of aromatic amines is 2. The molecule has 9 nitrogen and oxygen atoms in total. The van der Waals surface area contributed by atoms with E-state index in [4.69, 9.17) is 14.2 Å². The van der Waals surface area contributed by atoms with Crippen LogP contribution < -0.4 is 10.5 Å². The van der Waals surface area contributed by atoms with Crippen LogP contribution in [-0.2, 0) is 23.8 Å². The van der Waals surface area contributed by atoms with Gasteiger partial charge in [0.15, 0.2) is 0 Å². The summed E-state index contributed by atoms with van der Waals surface area (Å²) in [5.41, 5.74) is 0.989. The standard InChI is InChI=1S/C15H15N3O6/c1-22-14(20)10-6-24-7-18(12(10)15(21)23-2)8-3-4-9-11(5-8)16-17-13(9)19/h3-5H,6-7H2,1-2H3,(H2,16,17,19).